The molecule has 0 bridgehead atoms. The molecule has 1 N–H and O–H groups in total. The molecule has 2 rings (SSSR count). The molecule has 0 radical (unpaired) electrons. The molecule has 0 spiro atoms. The average Bonchev–Trinajstić information content (AvgIpc) is 2.54. The Hall–Kier alpha value is 0.110. The van der Waals surface area contributed by atoms with E-state index in [1.807, 2.05) is 0 Å². The molecule has 1 saturated carbocycles. The molecule has 0 unspecified atom stereocenters. The lowest BCUT2D eigenvalue weighted by molar-refractivity contribution is 0.262. The summed E-state index contributed by atoms with van der Waals surface area (Å²) in [6, 6.07) is 0. The standard InChI is InChI=1S/C6H12.C2H5O4P/c1-2-4-6-5-3-1;3-7(4)5-1-2-6-7/h1-6H2;1-2H2,(H,3,4). The molecule has 2 aliphatic rings. The Labute approximate surface area is 78.9 Å². The Morgan fingerprint density at radius 3 is 1.31 bits per heavy atom. The Kier molecular flexibility index (Phi) is 4.96. The van der Waals surface area contributed by atoms with Crippen molar-refractivity contribution in [3.63, 3.8) is 0 Å². The van der Waals surface area contributed by atoms with Crippen LogP contribution >= 0.6 is 7.82 Å². The Morgan fingerprint density at radius 2 is 1.15 bits per heavy atom. The van der Waals surface area contributed by atoms with Crippen molar-refractivity contribution in [1.29, 1.82) is 0 Å². The molecular weight excluding hydrogens is 191 g/mol. The lowest BCUT2D eigenvalue weighted by Crippen LogP contribution is -1.85. The van der Waals surface area contributed by atoms with Gasteiger partial charge in [-0.3, -0.25) is 9.05 Å². The summed E-state index contributed by atoms with van der Waals surface area (Å²) >= 11 is 0. The van der Waals surface area contributed by atoms with Crippen molar-refractivity contribution >= 4 is 7.82 Å². The molecule has 1 saturated heterocycles. The minimum absolute atomic E-state index is 0.230. The monoisotopic (exact) mass is 208 g/mol. The fraction of sp³-hybridized carbons (Fsp3) is 1.00. The molecule has 5 heteroatoms. The number of hydrogen-bond acceptors (Lipinski definition) is 3. The molecule has 78 valence electrons. The van der Waals surface area contributed by atoms with Crippen LogP contribution in [0.25, 0.3) is 0 Å². The summed E-state index contributed by atoms with van der Waals surface area (Å²) < 4.78 is 18.6. The van der Waals surface area contributed by atoms with Crippen molar-refractivity contribution in [2.45, 2.75) is 38.5 Å². The molecule has 1 aliphatic carbocycles. The van der Waals surface area contributed by atoms with E-state index >= 15 is 0 Å². The van der Waals surface area contributed by atoms with Gasteiger partial charge < -0.3 is 4.89 Å². The quantitative estimate of drug-likeness (QED) is 0.621. The van der Waals surface area contributed by atoms with Crippen LogP contribution in [0.5, 0.6) is 0 Å². The molecule has 0 amide bonds. The number of hydrogen-bond donors (Lipinski definition) is 1. The summed E-state index contributed by atoms with van der Waals surface area (Å²) in [6.45, 7) is 0.460. The number of rotatable bonds is 0. The Balaban J connectivity index is 0.000000132. The molecule has 0 atom stereocenters. The highest BCUT2D eigenvalue weighted by atomic mass is 31.2. The van der Waals surface area contributed by atoms with E-state index in [2.05, 4.69) is 9.05 Å². The molecule has 1 heterocycles. The molecule has 2 fully saturated rings. The van der Waals surface area contributed by atoms with Crippen LogP contribution in [0.1, 0.15) is 38.5 Å². The normalized spacial score (nSPS) is 26.2. The van der Waals surface area contributed by atoms with E-state index < -0.39 is 7.82 Å². The van der Waals surface area contributed by atoms with Gasteiger partial charge in [-0.1, -0.05) is 38.5 Å². The van der Waals surface area contributed by atoms with Gasteiger partial charge in [0.25, 0.3) is 0 Å². The summed E-state index contributed by atoms with van der Waals surface area (Å²) in [5.74, 6) is 0. The van der Waals surface area contributed by atoms with Crippen LogP contribution in [-0.4, -0.2) is 18.1 Å². The lowest BCUT2D eigenvalue weighted by atomic mass is 10.0. The van der Waals surface area contributed by atoms with E-state index in [0.717, 1.165) is 0 Å². The van der Waals surface area contributed by atoms with E-state index in [1.54, 1.807) is 0 Å². The molecule has 0 aromatic carbocycles. The third kappa shape index (κ3) is 5.42. The van der Waals surface area contributed by atoms with Gasteiger partial charge in [0.1, 0.15) is 0 Å². The summed E-state index contributed by atoms with van der Waals surface area (Å²) in [4.78, 5) is 8.31. The molecule has 4 nitrogen and oxygen atoms in total. The van der Waals surface area contributed by atoms with Crippen molar-refractivity contribution in [2.75, 3.05) is 13.2 Å². The van der Waals surface area contributed by atoms with Crippen LogP contribution in [-0.2, 0) is 13.6 Å². The first kappa shape index (κ1) is 11.2. The van der Waals surface area contributed by atoms with Gasteiger partial charge in [0.15, 0.2) is 0 Å². The smallest absolute Gasteiger partial charge is 0.302 e. The summed E-state index contributed by atoms with van der Waals surface area (Å²) in [6.07, 6.45) is 9.00. The van der Waals surface area contributed by atoms with Crippen LogP contribution in [0.15, 0.2) is 0 Å². The molecular formula is C8H17O4P. The van der Waals surface area contributed by atoms with Gasteiger partial charge in [-0.05, 0) is 0 Å². The third-order valence-corrected chi connectivity index (χ3v) is 3.11. The van der Waals surface area contributed by atoms with E-state index in [4.69, 9.17) is 4.89 Å². The van der Waals surface area contributed by atoms with E-state index in [1.165, 1.54) is 38.5 Å². The van der Waals surface area contributed by atoms with Crippen LogP contribution in [0, 0.1) is 0 Å². The molecule has 0 aromatic rings. The molecule has 13 heavy (non-hydrogen) atoms. The van der Waals surface area contributed by atoms with Crippen molar-refractivity contribution in [3.05, 3.63) is 0 Å². The van der Waals surface area contributed by atoms with E-state index in [0.29, 0.717) is 0 Å². The van der Waals surface area contributed by atoms with Gasteiger partial charge in [-0.25, -0.2) is 4.57 Å². The van der Waals surface area contributed by atoms with Crippen LogP contribution in [0.2, 0.25) is 0 Å². The zero-order chi connectivity index (χ0) is 9.57. The highest BCUT2D eigenvalue weighted by Crippen LogP contribution is 2.46. The third-order valence-electron chi connectivity index (χ3n) is 2.09. The first-order chi connectivity index (χ1) is 6.21. The summed E-state index contributed by atoms with van der Waals surface area (Å²) in [7, 11) is -3.54. The second-order valence-corrected chi connectivity index (χ2v) is 4.71. The molecule has 0 aromatic heterocycles. The SMILES string of the molecule is C1CCCCC1.O=P1(O)OCCO1. The summed E-state index contributed by atoms with van der Waals surface area (Å²) in [5, 5.41) is 0. The van der Waals surface area contributed by atoms with Gasteiger partial charge in [0.2, 0.25) is 0 Å². The van der Waals surface area contributed by atoms with E-state index in [-0.39, 0.29) is 13.2 Å². The number of phosphoric acid groups is 1. The van der Waals surface area contributed by atoms with Gasteiger partial charge in [-0.2, -0.15) is 0 Å². The van der Waals surface area contributed by atoms with Gasteiger partial charge in [-0.15, -0.1) is 0 Å². The van der Waals surface area contributed by atoms with Crippen LogP contribution in [0.3, 0.4) is 0 Å². The second-order valence-electron chi connectivity index (χ2n) is 3.26. The fourth-order valence-corrected chi connectivity index (χ4v) is 2.09. The maximum atomic E-state index is 10.1. The maximum absolute atomic E-state index is 10.1. The van der Waals surface area contributed by atoms with Crippen molar-refractivity contribution in [1.82, 2.24) is 0 Å². The van der Waals surface area contributed by atoms with Crippen molar-refractivity contribution < 1.29 is 18.5 Å². The average molecular weight is 208 g/mol. The molecule has 1 aliphatic heterocycles. The minimum Gasteiger partial charge on any atom is -0.302 e. The zero-order valence-corrected chi connectivity index (χ0v) is 8.67. The Morgan fingerprint density at radius 1 is 0.846 bits per heavy atom. The largest absolute Gasteiger partial charge is 0.472 e. The van der Waals surface area contributed by atoms with E-state index in [9.17, 15) is 4.57 Å². The minimum atomic E-state index is -3.54. The van der Waals surface area contributed by atoms with Gasteiger partial charge in [0, 0.05) is 0 Å². The highest BCUT2D eigenvalue weighted by Gasteiger charge is 2.26. The van der Waals surface area contributed by atoms with Crippen LogP contribution < -0.4 is 0 Å². The van der Waals surface area contributed by atoms with Crippen molar-refractivity contribution in [3.8, 4) is 0 Å². The maximum Gasteiger partial charge on any atom is 0.472 e. The summed E-state index contributed by atoms with van der Waals surface area (Å²) in [5.41, 5.74) is 0. The number of phosphoric ester groups is 1. The topological polar surface area (TPSA) is 55.8 Å². The predicted molar refractivity (Wildman–Crippen MR) is 49.4 cm³/mol. The predicted octanol–water partition coefficient (Wildman–Crippen LogP) is 2.47. The van der Waals surface area contributed by atoms with Gasteiger partial charge in [0.05, 0.1) is 13.2 Å². The fourth-order valence-electron chi connectivity index (χ4n) is 1.40. The van der Waals surface area contributed by atoms with Crippen LogP contribution in [0.4, 0.5) is 0 Å². The zero-order valence-electron chi connectivity index (χ0n) is 7.78. The first-order valence-corrected chi connectivity index (χ1v) is 6.32. The second kappa shape index (κ2) is 5.76. The van der Waals surface area contributed by atoms with Gasteiger partial charge >= 0.3 is 7.82 Å². The highest BCUT2D eigenvalue weighted by molar-refractivity contribution is 7.47. The first-order valence-electron chi connectivity index (χ1n) is 4.83. The Bertz CT molecular complexity index is 157. The lowest BCUT2D eigenvalue weighted by Gasteiger charge is -2.05. The van der Waals surface area contributed by atoms with Crippen molar-refractivity contribution in [2.24, 2.45) is 0 Å².